The van der Waals surface area contributed by atoms with Crippen molar-refractivity contribution < 1.29 is 9.90 Å². The summed E-state index contributed by atoms with van der Waals surface area (Å²) in [5.41, 5.74) is 4.03. The van der Waals surface area contributed by atoms with Gasteiger partial charge in [0.15, 0.2) is 0 Å². The van der Waals surface area contributed by atoms with Gasteiger partial charge in [-0.3, -0.25) is 0 Å². The van der Waals surface area contributed by atoms with E-state index in [0.29, 0.717) is 5.56 Å². The highest BCUT2D eigenvalue weighted by molar-refractivity contribution is 5.98. The Kier molecular flexibility index (Phi) is 2.96. The van der Waals surface area contributed by atoms with Crippen LogP contribution in [0.3, 0.4) is 0 Å². The number of carboxylic acids is 1. The third kappa shape index (κ3) is 2.07. The van der Waals surface area contributed by atoms with Gasteiger partial charge >= 0.3 is 5.97 Å². The number of carboxylic acid groups (broad SMARTS) is 1. The smallest absolute Gasteiger partial charge is 0.336 e. The van der Waals surface area contributed by atoms with Crippen LogP contribution >= 0.6 is 0 Å². The molecule has 2 nitrogen and oxygen atoms in total. The molecule has 0 atom stereocenters. The van der Waals surface area contributed by atoms with E-state index in [1.165, 1.54) is 0 Å². The Balaban J connectivity index is 2.72. The summed E-state index contributed by atoms with van der Waals surface area (Å²) >= 11 is 0. The van der Waals surface area contributed by atoms with E-state index in [4.69, 9.17) is 0 Å². The summed E-state index contributed by atoms with van der Waals surface area (Å²) in [6.07, 6.45) is 0. The summed E-state index contributed by atoms with van der Waals surface area (Å²) in [7, 11) is 0. The third-order valence-electron chi connectivity index (χ3n) is 2.92. The standard InChI is InChI=1S/C15H14O2/c1-10-6-3-4-8-12(10)13-9-5-7-11(2)14(13)15(16)17/h3-9H,1-2H3,(H,16,17). The van der Waals surface area contributed by atoms with Crippen molar-refractivity contribution in [1.82, 2.24) is 0 Å². The molecule has 0 radical (unpaired) electrons. The highest BCUT2D eigenvalue weighted by Gasteiger charge is 2.14. The van der Waals surface area contributed by atoms with Crippen molar-refractivity contribution in [2.75, 3.05) is 0 Å². The number of hydrogen-bond donors (Lipinski definition) is 1. The van der Waals surface area contributed by atoms with E-state index in [9.17, 15) is 9.90 Å². The summed E-state index contributed by atoms with van der Waals surface area (Å²) in [5.74, 6) is -0.874. The second kappa shape index (κ2) is 4.42. The summed E-state index contributed by atoms with van der Waals surface area (Å²) in [5, 5.41) is 9.30. The van der Waals surface area contributed by atoms with E-state index >= 15 is 0 Å². The van der Waals surface area contributed by atoms with Gasteiger partial charge in [0.1, 0.15) is 0 Å². The Morgan fingerprint density at radius 1 is 0.882 bits per heavy atom. The fraction of sp³-hybridized carbons (Fsp3) is 0.133. The Labute approximate surface area is 101 Å². The van der Waals surface area contributed by atoms with E-state index in [1.54, 1.807) is 0 Å². The molecule has 2 heteroatoms. The highest BCUT2D eigenvalue weighted by atomic mass is 16.4. The van der Waals surface area contributed by atoms with Gasteiger partial charge in [-0.15, -0.1) is 0 Å². The maximum absolute atomic E-state index is 11.3. The Hall–Kier alpha value is -2.09. The second-order valence-electron chi connectivity index (χ2n) is 4.12. The minimum Gasteiger partial charge on any atom is -0.478 e. The lowest BCUT2D eigenvalue weighted by molar-refractivity contribution is 0.0697. The van der Waals surface area contributed by atoms with Gasteiger partial charge in [0.2, 0.25) is 0 Å². The molecule has 0 amide bonds. The van der Waals surface area contributed by atoms with Gasteiger partial charge in [0.05, 0.1) is 5.56 Å². The zero-order chi connectivity index (χ0) is 12.4. The molecule has 0 saturated heterocycles. The Bertz CT molecular complexity index is 571. The average Bonchev–Trinajstić information content (AvgIpc) is 2.28. The molecule has 17 heavy (non-hydrogen) atoms. The van der Waals surface area contributed by atoms with E-state index in [2.05, 4.69) is 0 Å². The molecule has 0 aliphatic carbocycles. The Morgan fingerprint density at radius 2 is 1.47 bits per heavy atom. The number of hydrogen-bond acceptors (Lipinski definition) is 1. The zero-order valence-corrected chi connectivity index (χ0v) is 9.90. The van der Waals surface area contributed by atoms with Gasteiger partial charge in [-0.2, -0.15) is 0 Å². The molecule has 0 aliphatic heterocycles. The second-order valence-corrected chi connectivity index (χ2v) is 4.12. The normalized spacial score (nSPS) is 10.2. The van der Waals surface area contributed by atoms with Crippen LogP contribution in [0.4, 0.5) is 0 Å². The van der Waals surface area contributed by atoms with Crippen LogP contribution in [0, 0.1) is 13.8 Å². The van der Waals surface area contributed by atoms with E-state index in [1.807, 2.05) is 56.3 Å². The first-order valence-corrected chi connectivity index (χ1v) is 5.50. The molecule has 0 spiro atoms. The molecule has 0 aliphatic rings. The van der Waals surface area contributed by atoms with Crippen molar-refractivity contribution in [3.8, 4) is 11.1 Å². The van der Waals surface area contributed by atoms with Gasteiger partial charge in [0.25, 0.3) is 0 Å². The number of benzene rings is 2. The van der Waals surface area contributed by atoms with Crippen LogP contribution in [-0.4, -0.2) is 11.1 Å². The maximum atomic E-state index is 11.3. The van der Waals surface area contributed by atoms with Crippen molar-refractivity contribution in [3.05, 3.63) is 59.2 Å². The monoisotopic (exact) mass is 226 g/mol. The predicted molar refractivity (Wildman–Crippen MR) is 68.3 cm³/mol. The molecule has 0 aromatic heterocycles. The van der Waals surface area contributed by atoms with Crippen molar-refractivity contribution >= 4 is 5.97 Å². The first-order valence-electron chi connectivity index (χ1n) is 5.50. The fourth-order valence-electron chi connectivity index (χ4n) is 2.05. The Morgan fingerprint density at radius 3 is 2.12 bits per heavy atom. The van der Waals surface area contributed by atoms with Gasteiger partial charge < -0.3 is 5.11 Å². The summed E-state index contributed by atoms with van der Waals surface area (Å²) in [6.45, 7) is 3.81. The molecule has 0 unspecified atom stereocenters. The van der Waals surface area contributed by atoms with Crippen LogP contribution in [0.5, 0.6) is 0 Å². The minimum absolute atomic E-state index is 0.391. The van der Waals surface area contributed by atoms with Gasteiger partial charge in [0, 0.05) is 0 Å². The van der Waals surface area contributed by atoms with Crippen molar-refractivity contribution in [2.45, 2.75) is 13.8 Å². The lowest BCUT2D eigenvalue weighted by Gasteiger charge is -2.11. The fourth-order valence-corrected chi connectivity index (χ4v) is 2.05. The molecule has 0 heterocycles. The highest BCUT2D eigenvalue weighted by Crippen LogP contribution is 2.28. The topological polar surface area (TPSA) is 37.3 Å². The molecule has 2 rings (SSSR count). The minimum atomic E-state index is -0.874. The van der Waals surface area contributed by atoms with Crippen molar-refractivity contribution in [2.24, 2.45) is 0 Å². The lowest BCUT2D eigenvalue weighted by atomic mass is 9.93. The summed E-state index contributed by atoms with van der Waals surface area (Å²) < 4.78 is 0. The van der Waals surface area contributed by atoms with Crippen LogP contribution in [0.1, 0.15) is 21.5 Å². The van der Waals surface area contributed by atoms with Crippen LogP contribution in [0.25, 0.3) is 11.1 Å². The molecule has 0 fully saturated rings. The van der Waals surface area contributed by atoms with Gasteiger partial charge in [-0.05, 0) is 36.1 Å². The molecule has 0 bridgehead atoms. The largest absolute Gasteiger partial charge is 0.478 e. The average molecular weight is 226 g/mol. The third-order valence-corrected chi connectivity index (χ3v) is 2.92. The van der Waals surface area contributed by atoms with E-state index in [-0.39, 0.29) is 0 Å². The number of carbonyl (C=O) groups is 1. The SMILES string of the molecule is Cc1ccccc1-c1cccc(C)c1C(=O)O. The maximum Gasteiger partial charge on any atom is 0.336 e. The molecular formula is C15H14O2. The first-order chi connectivity index (χ1) is 8.11. The van der Waals surface area contributed by atoms with Gasteiger partial charge in [-0.1, -0.05) is 42.5 Å². The molecule has 1 N–H and O–H groups in total. The predicted octanol–water partition coefficient (Wildman–Crippen LogP) is 3.67. The number of rotatable bonds is 2. The van der Waals surface area contributed by atoms with Crippen molar-refractivity contribution in [1.29, 1.82) is 0 Å². The molecular weight excluding hydrogens is 212 g/mol. The lowest BCUT2D eigenvalue weighted by Crippen LogP contribution is -2.03. The van der Waals surface area contributed by atoms with E-state index in [0.717, 1.165) is 22.3 Å². The first kappa shape index (κ1) is 11.4. The molecule has 0 saturated carbocycles. The zero-order valence-electron chi connectivity index (χ0n) is 9.90. The van der Waals surface area contributed by atoms with Crippen LogP contribution in [-0.2, 0) is 0 Å². The molecule has 86 valence electrons. The van der Waals surface area contributed by atoms with Crippen molar-refractivity contribution in [3.63, 3.8) is 0 Å². The van der Waals surface area contributed by atoms with Gasteiger partial charge in [-0.25, -0.2) is 4.79 Å². The molecule has 2 aromatic carbocycles. The van der Waals surface area contributed by atoms with Crippen LogP contribution < -0.4 is 0 Å². The van der Waals surface area contributed by atoms with Crippen LogP contribution in [0.2, 0.25) is 0 Å². The summed E-state index contributed by atoms with van der Waals surface area (Å²) in [6, 6.07) is 13.4. The molecule has 2 aromatic rings. The summed E-state index contributed by atoms with van der Waals surface area (Å²) in [4.78, 5) is 11.3. The quantitative estimate of drug-likeness (QED) is 0.848. The number of aryl methyl sites for hydroxylation is 2. The van der Waals surface area contributed by atoms with E-state index < -0.39 is 5.97 Å². The number of aromatic carboxylic acids is 1. The van der Waals surface area contributed by atoms with Crippen LogP contribution in [0.15, 0.2) is 42.5 Å².